The molecule has 0 saturated heterocycles. The summed E-state index contributed by atoms with van der Waals surface area (Å²) in [6.07, 6.45) is 0. The molecule has 4 aromatic rings. The molecule has 136 valence electrons. The molecular formula is C22H20N2O2S. The number of hydrogen-bond donors (Lipinski definition) is 0. The lowest BCUT2D eigenvalue weighted by Crippen LogP contribution is -1.82. The van der Waals surface area contributed by atoms with E-state index in [-0.39, 0.29) is 0 Å². The number of nitrogens with zero attached hydrogens (tertiary/aromatic N) is 2. The van der Waals surface area contributed by atoms with Gasteiger partial charge in [0.2, 0.25) is 5.82 Å². The highest BCUT2D eigenvalue weighted by molar-refractivity contribution is 7.97. The molecule has 0 N–H and O–H groups in total. The standard InChI is InChI=1S/C22H20N2O2S/c1-15-3-7-17(8-4-15)13-27-14-19-11-12-20(25-19)22-23-21(24-26-22)18-9-5-16(2)6-10-18/h3-12H,13-14H2,1-2H3. The molecule has 5 heteroatoms. The van der Waals surface area contributed by atoms with Crippen molar-refractivity contribution in [2.45, 2.75) is 25.4 Å². The van der Waals surface area contributed by atoms with E-state index in [1.807, 2.05) is 55.1 Å². The monoisotopic (exact) mass is 376 g/mol. The van der Waals surface area contributed by atoms with Crippen molar-refractivity contribution in [2.24, 2.45) is 0 Å². The third kappa shape index (κ3) is 4.31. The van der Waals surface area contributed by atoms with Gasteiger partial charge in [0, 0.05) is 11.3 Å². The van der Waals surface area contributed by atoms with E-state index in [4.69, 9.17) is 8.94 Å². The Morgan fingerprint density at radius 2 is 1.52 bits per heavy atom. The molecule has 0 unspecified atom stereocenters. The zero-order valence-electron chi connectivity index (χ0n) is 15.3. The minimum atomic E-state index is 0.403. The predicted octanol–water partition coefficient (Wildman–Crippen LogP) is 6.05. The summed E-state index contributed by atoms with van der Waals surface area (Å²) in [6, 6.07) is 20.5. The van der Waals surface area contributed by atoms with Gasteiger partial charge in [0.05, 0.1) is 5.75 Å². The lowest BCUT2D eigenvalue weighted by molar-refractivity contribution is 0.413. The van der Waals surface area contributed by atoms with Crippen molar-refractivity contribution in [1.29, 1.82) is 0 Å². The highest BCUT2D eigenvalue weighted by Crippen LogP contribution is 2.26. The summed E-state index contributed by atoms with van der Waals surface area (Å²) in [5.41, 5.74) is 4.72. The van der Waals surface area contributed by atoms with Crippen molar-refractivity contribution in [3.63, 3.8) is 0 Å². The van der Waals surface area contributed by atoms with Crippen molar-refractivity contribution in [3.05, 3.63) is 83.1 Å². The minimum absolute atomic E-state index is 0.403. The molecule has 0 fully saturated rings. The third-order valence-electron chi connectivity index (χ3n) is 4.24. The molecule has 2 heterocycles. The quantitative estimate of drug-likeness (QED) is 0.410. The lowest BCUT2D eigenvalue weighted by Gasteiger charge is -2.01. The van der Waals surface area contributed by atoms with Crippen LogP contribution in [0, 0.1) is 13.8 Å². The first-order valence-electron chi connectivity index (χ1n) is 8.80. The van der Waals surface area contributed by atoms with E-state index < -0.39 is 0 Å². The SMILES string of the molecule is Cc1ccc(CSCc2ccc(-c3nc(-c4ccc(C)cc4)no3)o2)cc1. The van der Waals surface area contributed by atoms with E-state index in [1.54, 1.807) is 0 Å². The molecule has 0 saturated carbocycles. The molecular weight excluding hydrogens is 356 g/mol. The fourth-order valence-corrected chi connectivity index (χ4v) is 3.55. The number of hydrogen-bond acceptors (Lipinski definition) is 5. The first kappa shape index (κ1) is 17.6. The zero-order chi connectivity index (χ0) is 18.6. The fourth-order valence-electron chi connectivity index (χ4n) is 2.67. The van der Waals surface area contributed by atoms with Gasteiger partial charge >= 0.3 is 0 Å². The van der Waals surface area contributed by atoms with Gasteiger partial charge < -0.3 is 8.94 Å². The Labute approximate surface area is 162 Å². The Kier molecular flexibility index (Phi) is 5.12. The third-order valence-corrected chi connectivity index (χ3v) is 5.27. The van der Waals surface area contributed by atoms with Crippen molar-refractivity contribution < 1.29 is 8.94 Å². The molecule has 0 radical (unpaired) electrons. The molecule has 2 aromatic heterocycles. The Morgan fingerprint density at radius 3 is 2.26 bits per heavy atom. The predicted molar refractivity (Wildman–Crippen MR) is 108 cm³/mol. The smallest absolute Gasteiger partial charge is 0.293 e. The number of thioether (sulfide) groups is 1. The van der Waals surface area contributed by atoms with Crippen LogP contribution < -0.4 is 0 Å². The van der Waals surface area contributed by atoms with Gasteiger partial charge in [-0.3, -0.25) is 0 Å². The van der Waals surface area contributed by atoms with Crippen LogP contribution in [0.1, 0.15) is 22.5 Å². The van der Waals surface area contributed by atoms with E-state index in [9.17, 15) is 0 Å². The Bertz CT molecular complexity index is 1020. The van der Waals surface area contributed by atoms with Crippen molar-refractivity contribution in [3.8, 4) is 23.0 Å². The van der Waals surface area contributed by atoms with Crippen LogP contribution in [0.4, 0.5) is 0 Å². The summed E-state index contributed by atoms with van der Waals surface area (Å²) in [6.45, 7) is 4.15. The summed E-state index contributed by atoms with van der Waals surface area (Å²) >= 11 is 1.82. The van der Waals surface area contributed by atoms with Crippen molar-refractivity contribution in [1.82, 2.24) is 10.1 Å². The van der Waals surface area contributed by atoms with Crippen molar-refractivity contribution in [2.75, 3.05) is 0 Å². The first-order chi connectivity index (χ1) is 13.2. The zero-order valence-corrected chi connectivity index (χ0v) is 16.1. The molecule has 0 aliphatic rings. The molecule has 4 rings (SSSR count). The fraction of sp³-hybridized carbons (Fsp3) is 0.182. The van der Waals surface area contributed by atoms with Crippen LogP contribution in [0.15, 0.2) is 69.6 Å². The van der Waals surface area contributed by atoms with Gasteiger partial charge in [-0.25, -0.2) is 0 Å². The number of aryl methyl sites for hydroxylation is 2. The second-order valence-electron chi connectivity index (χ2n) is 6.53. The van der Waals surface area contributed by atoms with Crippen LogP contribution in [0.2, 0.25) is 0 Å². The second-order valence-corrected chi connectivity index (χ2v) is 7.52. The Balaban J connectivity index is 1.39. The molecule has 0 amide bonds. The molecule has 0 bridgehead atoms. The number of furan rings is 1. The minimum Gasteiger partial charge on any atom is -0.455 e. The summed E-state index contributed by atoms with van der Waals surface area (Å²) in [5, 5.41) is 4.06. The molecule has 2 aromatic carbocycles. The second kappa shape index (κ2) is 7.84. The maximum absolute atomic E-state index is 5.88. The van der Waals surface area contributed by atoms with Crippen molar-refractivity contribution >= 4 is 11.8 Å². The molecule has 0 atom stereocenters. The average molecular weight is 376 g/mol. The van der Waals surface area contributed by atoms with E-state index in [2.05, 4.69) is 41.3 Å². The maximum Gasteiger partial charge on any atom is 0.293 e. The van der Waals surface area contributed by atoms with Crippen LogP contribution in [0.5, 0.6) is 0 Å². The first-order valence-corrected chi connectivity index (χ1v) is 9.96. The molecule has 4 nitrogen and oxygen atoms in total. The van der Waals surface area contributed by atoms with Gasteiger partial charge in [-0.1, -0.05) is 64.8 Å². The van der Waals surface area contributed by atoms with Crippen LogP contribution in [0.25, 0.3) is 23.0 Å². The van der Waals surface area contributed by atoms with Crippen LogP contribution in [-0.4, -0.2) is 10.1 Å². The largest absolute Gasteiger partial charge is 0.455 e. The molecule has 0 aliphatic heterocycles. The van der Waals surface area contributed by atoms with E-state index in [0.717, 1.165) is 22.8 Å². The number of rotatable bonds is 6. The average Bonchev–Trinajstić information content (AvgIpc) is 3.33. The molecule has 0 spiro atoms. The van der Waals surface area contributed by atoms with Gasteiger partial charge in [0.15, 0.2) is 5.76 Å². The summed E-state index contributed by atoms with van der Waals surface area (Å²) in [5.74, 6) is 4.22. The van der Waals surface area contributed by atoms with Gasteiger partial charge in [-0.05, 0) is 31.5 Å². The highest BCUT2D eigenvalue weighted by atomic mass is 32.2. The van der Waals surface area contributed by atoms with Crippen LogP contribution in [0.3, 0.4) is 0 Å². The van der Waals surface area contributed by atoms with Crippen LogP contribution >= 0.6 is 11.8 Å². The van der Waals surface area contributed by atoms with Gasteiger partial charge in [-0.15, -0.1) is 11.8 Å². The normalized spacial score (nSPS) is 11.0. The van der Waals surface area contributed by atoms with Gasteiger partial charge in [-0.2, -0.15) is 4.98 Å². The maximum atomic E-state index is 5.88. The molecule has 27 heavy (non-hydrogen) atoms. The van der Waals surface area contributed by atoms with E-state index >= 15 is 0 Å². The topological polar surface area (TPSA) is 52.1 Å². The van der Waals surface area contributed by atoms with E-state index in [0.29, 0.717) is 17.5 Å². The number of benzene rings is 2. The van der Waals surface area contributed by atoms with Crippen LogP contribution in [-0.2, 0) is 11.5 Å². The highest BCUT2D eigenvalue weighted by Gasteiger charge is 2.14. The molecule has 0 aliphatic carbocycles. The number of aromatic nitrogens is 2. The van der Waals surface area contributed by atoms with Gasteiger partial charge in [0.25, 0.3) is 5.89 Å². The lowest BCUT2D eigenvalue weighted by atomic mass is 10.1. The van der Waals surface area contributed by atoms with E-state index in [1.165, 1.54) is 16.7 Å². The van der Waals surface area contributed by atoms with Gasteiger partial charge in [0.1, 0.15) is 5.76 Å². The summed E-state index contributed by atoms with van der Waals surface area (Å²) < 4.78 is 11.2. The summed E-state index contributed by atoms with van der Waals surface area (Å²) in [4.78, 5) is 4.45. The Hall–Kier alpha value is -2.79. The Morgan fingerprint density at radius 1 is 0.815 bits per heavy atom. The summed E-state index contributed by atoms with van der Waals surface area (Å²) in [7, 11) is 0.